The zero-order chi connectivity index (χ0) is 16.4. The van der Waals surface area contributed by atoms with Crippen LogP contribution in [0.1, 0.15) is 16.8 Å². The van der Waals surface area contributed by atoms with E-state index in [0.717, 1.165) is 10.9 Å². The largest absolute Gasteiger partial charge is 0.367 e. The van der Waals surface area contributed by atoms with E-state index in [-0.39, 0.29) is 11.5 Å². The normalized spacial score (nSPS) is 10.5. The van der Waals surface area contributed by atoms with E-state index in [1.807, 2.05) is 37.1 Å². The molecular formula is C18H15FN4. The van der Waals surface area contributed by atoms with E-state index in [2.05, 4.69) is 16.3 Å². The summed E-state index contributed by atoms with van der Waals surface area (Å²) in [6, 6.07) is 14.5. The number of benzene rings is 2. The molecule has 2 aromatic carbocycles. The fourth-order valence-electron chi connectivity index (χ4n) is 2.63. The van der Waals surface area contributed by atoms with Crippen molar-refractivity contribution in [1.29, 1.82) is 5.26 Å². The second-order valence-electron chi connectivity index (χ2n) is 5.48. The van der Waals surface area contributed by atoms with Gasteiger partial charge >= 0.3 is 0 Å². The molecule has 5 heteroatoms. The van der Waals surface area contributed by atoms with Gasteiger partial charge in [0.05, 0.1) is 11.2 Å². The third-order valence-electron chi connectivity index (χ3n) is 3.74. The first-order valence-corrected chi connectivity index (χ1v) is 7.22. The molecule has 3 aromatic rings. The molecule has 0 unspecified atom stereocenters. The molecule has 0 saturated carbocycles. The Bertz CT molecular complexity index is 915. The number of nitriles is 1. The lowest BCUT2D eigenvalue weighted by atomic mass is 10.1. The van der Waals surface area contributed by atoms with E-state index in [1.165, 1.54) is 6.07 Å². The maximum atomic E-state index is 13.9. The number of hydrogen-bond donors (Lipinski definition) is 0. The van der Waals surface area contributed by atoms with Crippen molar-refractivity contribution in [3.8, 4) is 6.07 Å². The van der Waals surface area contributed by atoms with Crippen LogP contribution in [-0.4, -0.2) is 17.2 Å². The Kier molecular flexibility index (Phi) is 3.90. The summed E-state index contributed by atoms with van der Waals surface area (Å²) in [5, 5.41) is 18.3. The quantitative estimate of drug-likeness (QED) is 0.742. The smallest absolute Gasteiger partial charge is 0.187 e. The maximum absolute atomic E-state index is 13.9. The first-order valence-electron chi connectivity index (χ1n) is 7.22. The average molecular weight is 306 g/mol. The third-order valence-corrected chi connectivity index (χ3v) is 3.74. The minimum absolute atomic E-state index is 0.238. The Morgan fingerprint density at radius 2 is 1.96 bits per heavy atom. The SMILES string of the molecule is Cc1ccc2nnc(C#N)c(N(C)Cc3ccccc3F)c2c1. The molecule has 0 N–H and O–H groups in total. The summed E-state index contributed by atoms with van der Waals surface area (Å²) in [6.45, 7) is 2.32. The summed E-state index contributed by atoms with van der Waals surface area (Å²) in [5.74, 6) is -0.264. The minimum atomic E-state index is -0.264. The molecule has 0 fully saturated rings. The number of fused-ring (bicyclic) bond motifs is 1. The number of aryl methyl sites for hydroxylation is 1. The molecular weight excluding hydrogens is 291 g/mol. The maximum Gasteiger partial charge on any atom is 0.187 e. The molecule has 0 aliphatic heterocycles. The van der Waals surface area contributed by atoms with Crippen LogP contribution in [0.4, 0.5) is 10.1 Å². The van der Waals surface area contributed by atoms with Crippen molar-refractivity contribution in [1.82, 2.24) is 10.2 Å². The molecule has 4 nitrogen and oxygen atoms in total. The number of anilines is 1. The van der Waals surface area contributed by atoms with Gasteiger partial charge in [-0.05, 0) is 25.1 Å². The molecule has 0 aliphatic rings. The second kappa shape index (κ2) is 6.01. The van der Waals surface area contributed by atoms with Crippen LogP contribution in [0.2, 0.25) is 0 Å². The van der Waals surface area contributed by atoms with E-state index in [0.29, 0.717) is 23.3 Å². The summed E-state index contributed by atoms with van der Waals surface area (Å²) in [6.07, 6.45) is 0. The Balaban J connectivity index is 2.12. The number of rotatable bonds is 3. The highest BCUT2D eigenvalue weighted by Crippen LogP contribution is 2.29. The van der Waals surface area contributed by atoms with Crippen LogP contribution in [0.3, 0.4) is 0 Å². The highest BCUT2D eigenvalue weighted by molar-refractivity contribution is 5.93. The zero-order valence-corrected chi connectivity index (χ0v) is 12.9. The summed E-state index contributed by atoms with van der Waals surface area (Å²) in [7, 11) is 1.83. The van der Waals surface area contributed by atoms with Gasteiger partial charge in [-0.1, -0.05) is 29.8 Å². The molecule has 0 saturated heterocycles. The number of hydrogen-bond acceptors (Lipinski definition) is 4. The van der Waals surface area contributed by atoms with E-state index >= 15 is 0 Å². The summed E-state index contributed by atoms with van der Waals surface area (Å²) in [4.78, 5) is 1.84. The second-order valence-corrected chi connectivity index (χ2v) is 5.48. The minimum Gasteiger partial charge on any atom is -0.367 e. The highest BCUT2D eigenvalue weighted by atomic mass is 19.1. The predicted molar refractivity (Wildman–Crippen MR) is 87.5 cm³/mol. The molecule has 0 amide bonds. The molecule has 1 heterocycles. The fraction of sp³-hybridized carbons (Fsp3) is 0.167. The Labute approximate surface area is 133 Å². The van der Waals surface area contributed by atoms with Gasteiger partial charge in [-0.15, -0.1) is 10.2 Å². The standard InChI is InChI=1S/C18H15FN4/c1-12-7-8-16-14(9-12)18(17(10-20)22-21-16)23(2)11-13-5-3-4-6-15(13)19/h3-9H,11H2,1-2H3. The summed E-state index contributed by atoms with van der Waals surface area (Å²) in [5.41, 5.74) is 3.25. The average Bonchev–Trinajstić information content (AvgIpc) is 2.55. The molecule has 114 valence electrons. The summed E-state index contributed by atoms with van der Waals surface area (Å²) >= 11 is 0. The van der Waals surface area contributed by atoms with Crippen molar-refractivity contribution in [2.45, 2.75) is 13.5 Å². The molecule has 1 aromatic heterocycles. The lowest BCUT2D eigenvalue weighted by molar-refractivity contribution is 0.608. The van der Waals surface area contributed by atoms with Gasteiger partial charge in [0.1, 0.15) is 11.9 Å². The van der Waals surface area contributed by atoms with Crippen molar-refractivity contribution < 1.29 is 4.39 Å². The third kappa shape index (κ3) is 2.84. The molecule has 0 spiro atoms. The topological polar surface area (TPSA) is 52.8 Å². The van der Waals surface area contributed by atoms with Gasteiger partial charge in [0.15, 0.2) is 5.69 Å². The van der Waals surface area contributed by atoms with Crippen LogP contribution in [0.15, 0.2) is 42.5 Å². The van der Waals surface area contributed by atoms with Crippen LogP contribution in [0, 0.1) is 24.1 Å². The molecule has 23 heavy (non-hydrogen) atoms. The number of nitrogens with zero attached hydrogens (tertiary/aromatic N) is 4. The van der Waals surface area contributed by atoms with Crippen LogP contribution < -0.4 is 4.90 Å². The van der Waals surface area contributed by atoms with Gasteiger partial charge in [-0.25, -0.2) is 4.39 Å². The monoisotopic (exact) mass is 306 g/mol. The molecule has 0 aliphatic carbocycles. The van der Waals surface area contributed by atoms with Gasteiger partial charge in [-0.2, -0.15) is 5.26 Å². The highest BCUT2D eigenvalue weighted by Gasteiger charge is 2.16. The van der Waals surface area contributed by atoms with E-state index in [1.54, 1.807) is 18.2 Å². The molecule has 0 bridgehead atoms. The van der Waals surface area contributed by atoms with Crippen LogP contribution in [0.25, 0.3) is 10.9 Å². The van der Waals surface area contributed by atoms with Crippen LogP contribution >= 0.6 is 0 Å². The zero-order valence-electron chi connectivity index (χ0n) is 12.9. The van der Waals surface area contributed by atoms with Gasteiger partial charge in [-0.3, -0.25) is 0 Å². The first-order chi connectivity index (χ1) is 11.1. The van der Waals surface area contributed by atoms with Crippen LogP contribution in [0.5, 0.6) is 0 Å². The number of halogens is 1. The summed E-state index contributed by atoms with van der Waals surface area (Å²) < 4.78 is 13.9. The van der Waals surface area contributed by atoms with Gasteiger partial charge < -0.3 is 4.90 Å². The van der Waals surface area contributed by atoms with Crippen molar-refractivity contribution in [3.05, 3.63) is 65.1 Å². The lowest BCUT2D eigenvalue weighted by Gasteiger charge is -2.22. The fourth-order valence-corrected chi connectivity index (χ4v) is 2.63. The van der Waals surface area contributed by atoms with Gasteiger partial charge in [0.25, 0.3) is 0 Å². The molecule has 0 atom stereocenters. The Hall–Kier alpha value is -3.00. The van der Waals surface area contributed by atoms with E-state index in [4.69, 9.17) is 0 Å². The van der Waals surface area contributed by atoms with Crippen molar-refractivity contribution in [2.75, 3.05) is 11.9 Å². The van der Waals surface area contributed by atoms with Crippen molar-refractivity contribution in [3.63, 3.8) is 0 Å². The molecule has 0 radical (unpaired) electrons. The molecule has 3 rings (SSSR count). The number of aromatic nitrogens is 2. The van der Waals surface area contributed by atoms with E-state index in [9.17, 15) is 9.65 Å². The first kappa shape index (κ1) is 14.9. The Morgan fingerprint density at radius 1 is 1.17 bits per heavy atom. The van der Waals surface area contributed by atoms with E-state index < -0.39 is 0 Å². The van der Waals surface area contributed by atoms with Gasteiger partial charge in [0.2, 0.25) is 0 Å². The predicted octanol–water partition coefficient (Wildman–Crippen LogP) is 3.59. The van der Waals surface area contributed by atoms with Crippen molar-refractivity contribution in [2.24, 2.45) is 0 Å². The lowest BCUT2D eigenvalue weighted by Crippen LogP contribution is -2.19. The van der Waals surface area contributed by atoms with Crippen molar-refractivity contribution >= 4 is 16.6 Å². The Morgan fingerprint density at radius 3 is 2.70 bits per heavy atom. The van der Waals surface area contributed by atoms with Gasteiger partial charge in [0, 0.05) is 24.5 Å². The van der Waals surface area contributed by atoms with Crippen LogP contribution in [-0.2, 0) is 6.54 Å².